The van der Waals surface area contributed by atoms with Gasteiger partial charge in [0.05, 0.1) is 12.1 Å². The van der Waals surface area contributed by atoms with Gasteiger partial charge in [-0.25, -0.2) is 4.98 Å². The van der Waals surface area contributed by atoms with Gasteiger partial charge in [-0.1, -0.05) is 6.07 Å². The Hall–Kier alpha value is -2.96. The fourth-order valence-electron chi connectivity index (χ4n) is 4.10. The first-order valence-corrected chi connectivity index (χ1v) is 8.78. The predicted molar refractivity (Wildman–Crippen MR) is 95.0 cm³/mol. The van der Waals surface area contributed by atoms with Gasteiger partial charge in [-0.05, 0) is 43.4 Å². The van der Waals surface area contributed by atoms with Gasteiger partial charge in [0.15, 0.2) is 0 Å². The molecular formula is C19H20N4O3. The molecule has 1 amide bonds. The molecule has 3 aliphatic rings. The van der Waals surface area contributed by atoms with Crippen molar-refractivity contribution < 1.29 is 14.7 Å². The van der Waals surface area contributed by atoms with Crippen molar-refractivity contribution in [3.63, 3.8) is 0 Å². The number of amides is 1. The minimum atomic E-state index is -0.796. The van der Waals surface area contributed by atoms with Gasteiger partial charge < -0.3 is 15.3 Å². The Morgan fingerprint density at radius 1 is 1.23 bits per heavy atom. The van der Waals surface area contributed by atoms with Crippen LogP contribution in [0.2, 0.25) is 0 Å². The molecule has 3 heterocycles. The Kier molecular flexibility index (Phi) is 4.28. The van der Waals surface area contributed by atoms with Gasteiger partial charge in [-0.3, -0.25) is 14.6 Å². The molecule has 3 fully saturated rings. The maximum Gasteiger partial charge on any atom is 0.308 e. The average molecular weight is 352 g/mol. The summed E-state index contributed by atoms with van der Waals surface area (Å²) in [6.07, 6.45) is 7.24. The van der Waals surface area contributed by atoms with E-state index in [1.54, 1.807) is 35.6 Å². The number of nitrogens with one attached hydrogen (secondary N) is 1. The number of anilines is 2. The van der Waals surface area contributed by atoms with Crippen molar-refractivity contribution in [1.82, 2.24) is 14.9 Å². The van der Waals surface area contributed by atoms with E-state index in [0.29, 0.717) is 24.3 Å². The average Bonchev–Trinajstić information content (AvgIpc) is 2.68. The zero-order valence-corrected chi connectivity index (χ0v) is 14.2. The topological polar surface area (TPSA) is 95.4 Å². The fourth-order valence-corrected chi connectivity index (χ4v) is 4.10. The van der Waals surface area contributed by atoms with E-state index < -0.39 is 11.9 Å². The number of carboxylic acid groups (broad SMARTS) is 1. The second kappa shape index (κ2) is 6.74. The lowest BCUT2D eigenvalue weighted by molar-refractivity contribution is -0.148. The Labute approximate surface area is 151 Å². The van der Waals surface area contributed by atoms with Crippen LogP contribution in [0.25, 0.3) is 0 Å². The smallest absolute Gasteiger partial charge is 0.308 e. The van der Waals surface area contributed by atoms with E-state index in [9.17, 15) is 14.7 Å². The van der Waals surface area contributed by atoms with Crippen molar-refractivity contribution in [2.24, 2.45) is 11.8 Å². The third-order valence-corrected chi connectivity index (χ3v) is 5.30. The first kappa shape index (κ1) is 16.5. The van der Waals surface area contributed by atoms with Crippen LogP contribution in [0, 0.1) is 11.8 Å². The Morgan fingerprint density at radius 3 is 2.85 bits per heavy atom. The SMILES string of the molecule is O=C(O)[C@@H]1C[C@H]2CC[C@@H]1N(C(=O)c1cccc(Nc3cnccn3)c1)C2. The summed E-state index contributed by atoms with van der Waals surface area (Å²) in [5.74, 6) is -0.470. The molecule has 1 aromatic heterocycles. The molecule has 0 unspecified atom stereocenters. The molecule has 2 bridgehead atoms. The normalized spacial score (nSPS) is 24.3. The van der Waals surface area contributed by atoms with Crippen LogP contribution in [0.5, 0.6) is 0 Å². The van der Waals surface area contributed by atoms with Crippen molar-refractivity contribution in [2.45, 2.75) is 25.3 Å². The molecule has 7 nitrogen and oxygen atoms in total. The summed E-state index contributed by atoms with van der Waals surface area (Å²) in [6.45, 7) is 0.648. The van der Waals surface area contributed by atoms with Crippen molar-refractivity contribution in [2.75, 3.05) is 11.9 Å². The number of rotatable bonds is 4. The van der Waals surface area contributed by atoms with Crippen molar-refractivity contribution in [1.29, 1.82) is 0 Å². The first-order chi connectivity index (χ1) is 12.6. The zero-order valence-electron chi connectivity index (χ0n) is 14.2. The number of hydrogen-bond donors (Lipinski definition) is 2. The number of piperidine rings is 2. The molecule has 1 saturated carbocycles. The molecule has 2 aliphatic heterocycles. The number of carboxylic acids is 1. The Morgan fingerprint density at radius 2 is 2.12 bits per heavy atom. The highest BCUT2D eigenvalue weighted by atomic mass is 16.4. The summed E-state index contributed by atoms with van der Waals surface area (Å²) in [5, 5.41) is 12.6. The first-order valence-electron chi connectivity index (χ1n) is 8.78. The van der Waals surface area contributed by atoms with E-state index in [1.165, 1.54) is 0 Å². The molecule has 2 N–H and O–H groups in total. The van der Waals surface area contributed by atoms with E-state index in [-0.39, 0.29) is 17.9 Å². The van der Waals surface area contributed by atoms with Gasteiger partial charge in [0.1, 0.15) is 5.82 Å². The van der Waals surface area contributed by atoms with E-state index >= 15 is 0 Å². The van der Waals surface area contributed by atoms with E-state index in [1.807, 2.05) is 12.1 Å². The van der Waals surface area contributed by atoms with Gasteiger partial charge in [0.25, 0.3) is 5.91 Å². The summed E-state index contributed by atoms with van der Waals surface area (Å²) in [7, 11) is 0. The number of aromatic nitrogens is 2. The third kappa shape index (κ3) is 3.12. The second-order valence-electron chi connectivity index (χ2n) is 6.95. The molecule has 2 saturated heterocycles. The van der Waals surface area contributed by atoms with Crippen LogP contribution < -0.4 is 5.32 Å². The largest absolute Gasteiger partial charge is 0.481 e. The van der Waals surface area contributed by atoms with Crippen LogP contribution in [0.15, 0.2) is 42.9 Å². The Balaban J connectivity index is 1.55. The third-order valence-electron chi connectivity index (χ3n) is 5.30. The van der Waals surface area contributed by atoms with Crippen molar-refractivity contribution >= 4 is 23.4 Å². The molecule has 26 heavy (non-hydrogen) atoms. The van der Waals surface area contributed by atoms with Crippen molar-refractivity contribution in [3.8, 4) is 0 Å². The Bertz CT molecular complexity index is 827. The van der Waals surface area contributed by atoms with Gasteiger partial charge >= 0.3 is 5.97 Å². The lowest BCUT2D eigenvalue weighted by Gasteiger charge is -2.48. The highest BCUT2D eigenvalue weighted by Gasteiger charge is 2.46. The van der Waals surface area contributed by atoms with Crippen LogP contribution >= 0.6 is 0 Å². The van der Waals surface area contributed by atoms with E-state index in [2.05, 4.69) is 15.3 Å². The minimum Gasteiger partial charge on any atom is -0.481 e. The minimum absolute atomic E-state index is 0.103. The summed E-state index contributed by atoms with van der Waals surface area (Å²) >= 11 is 0. The van der Waals surface area contributed by atoms with Crippen LogP contribution in [-0.2, 0) is 4.79 Å². The van der Waals surface area contributed by atoms with Gasteiger partial charge in [-0.15, -0.1) is 0 Å². The summed E-state index contributed by atoms with van der Waals surface area (Å²) in [6, 6.07) is 7.00. The standard InChI is InChI=1S/C19H20N4O3/c24-18(23-11-12-4-5-16(23)15(8-12)19(25)26)13-2-1-3-14(9-13)22-17-10-20-6-7-21-17/h1-3,6-7,9-10,12,15-16H,4-5,8,11H2,(H,21,22)(H,25,26)/t12-,15-,16+/m1/s1. The van der Waals surface area contributed by atoms with Gasteiger partial charge in [-0.2, -0.15) is 0 Å². The number of aliphatic carboxylic acids is 1. The summed E-state index contributed by atoms with van der Waals surface area (Å²) in [4.78, 5) is 34.5. The van der Waals surface area contributed by atoms with Crippen LogP contribution in [0.4, 0.5) is 11.5 Å². The van der Waals surface area contributed by atoms with Crippen LogP contribution in [0.1, 0.15) is 29.6 Å². The number of nitrogens with zero attached hydrogens (tertiary/aromatic N) is 3. The fraction of sp³-hybridized carbons (Fsp3) is 0.368. The molecule has 1 aromatic carbocycles. The molecule has 5 rings (SSSR count). The second-order valence-corrected chi connectivity index (χ2v) is 6.95. The molecule has 134 valence electrons. The van der Waals surface area contributed by atoms with Crippen molar-refractivity contribution in [3.05, 3.63) is 48.4 Å². The van der Waals surface area contributed by atoms with E-state index in [0.717, 1.165) is 18.5 Å². The maximum absolute atomic E-state index is 13.0. The highest BCUT2D eigenvalue weighted by Crippen LogP contribution is 2.40. The molecule has 7 heteroatoms. The zero-order chi connectivity index (χ0) is 18.1. The summed E-state index contributed by atoms with van der Waals surface area (Å²) < 4.78 is 0. The van der Waals surface area contributed by atoms with E-state index in [4.69, 9.17) is 0 Å². The molecule has 0 spiro atoms. The quantitative estimate of drug-likeness (QED) is 0.878. The lowest BCUT2D eigenvalue weighted by Crippen LogP contribution is -2.57. The molecule has 1 aliphatic carbocycles. The summed E-state index contributed by atoms with van der Waals surface area (Å²) in [5.41, 5.74) is 1.30. The van der Waals surface area contributed by atoms with Crippen LogP contribution in [-0.4, -0.2) is 44.4 Å². The highest BCUT2D eigenvalue weighted by molar-refractivity contribution is 5.96. The lowest BCUT2D eigenvalue weighted by atomic mass is 9.72. The number of fused-ring (bicyclic) bond motifs is 3. The van der Waals surface area contributed by atoms with Crippen LogP contribution in [0.3, 0.4) is 0 Å². The molecule has 2 aromatic rings. The van der Waals surface area contributed by atoms with Gasteiger partial charge in [0, 0.05) is 36.2 Å². The predicted octanol–water partition coefficient (Wildman–Crippen LogP) is 2.55. The molecule has 0 radical (unpaired) electrons. The number of benzene rings is 1. The number of carbonyl (C=O) groups excluding carboxylic acids is 1. The monoisotopic (exact) mass is 352 g/mol. The molecule has 3 atom stereocenters. The molecular weight excluding hydrogens is 332 g/mol. The number of hydrogen-bond acceptors (Lipinski definition) is 5. The number of carbonyl (C=O) groups is 2. The maximum atomic E-state index is 13.0. The van der Waals surface area contributed by atoms with Gasteiger partial charge in [0.2, 0.25) is 0 Å².